The second-order valence-corrected chi connectivity index (χ2v) is 9.38. The van der Waals surface area contributed by atoms with Gasteiger partial charge in [0.1, 0.15) is 12.4 Å². The highest BCUT2D eigenvalue weighted by Crippen LogP contribution is 2.23. The van der Waals surface area contributed by atoms with Crippen LogP contribution in [0.1, 0.15) is 16.7 Å². The third kappa shape index (κ3) is 4.81. The van der Waals surface area contributed by atoms with Crippen molar-refractivity contribution in [1.82, 2.24) is 24.5 Å². The van der Waals surface area contributed by atoms with E-state index in [1.165, 1.54) is 0 Å². The topological polar surface area (TPSA) is 108 Å². The SMILES string of the molecule is COc1cccc(-c2nnc3ccc(OCCNS(=O)(=O)c4cc(C)c(C)cc4C)nn23)c1. The molecular formula is C23H25N5O4S. The van der Waals surface area contributed by atoms with Crippen molar-refractivity contribution >= 4 is 15.7 Å². The van der Waals surface area contributed by atoms with Crippen LogP contribution in [0.4, 0.5) is 0 Å². The van der Waals surface area contributed by atoms with Gasteiger partial charge in [0.2, 0.25) is 15.9 Å². The van der Waals surface area contributed by atoms with Crippen LogP contribution in [0.25, 0.3) is 17.0 Å². The Balaban J connectivity index is 1.45. The van der Waals surface area contributed by atoms with Gasteiger partial charge in [-0.1, -0.05) is 18.2 Å². The Kier molecular flexibility index (Phi) is 6.30. The van der Waals surface area contributed by atoms with Gasteiger partial charge >= 0.3 is 0 Å². The summed E-state index contributed by atoms with van der Waals surface area (Å²) in [5.41, 5.74) is 4.04. The van der Waals surface area contributed by atoms with Gasteiger partial charge in [-0.25, -0.2) is 13.1 Å². The van der Waals surface area contributed by atoms with Crippen molar-refractivity contribution in [1.29, 1.82) is 0 Å². The van der Waals surface area contributed by atoms with E-state index in [9.17, 15) is 8.42 Å². The van der Waals surface area contributed by atoms with Crippen molar-refractivity contribution < 1.29 is 17.9 Å². The van der Waals surface area contributed by atoms with E-state index in [0.29, 0.717) is 28.7 Å². The maximum absolute atomic E-state index is 12.7. The lowest BCUT2D eigenvalue weighted by molar-refractivity contribution is 0.306. The van der Waals surface area contributed by atoms with Gasteiger partial charge in [0.25, 0.3) is 0 Å². The van der Waals surface area contributed by atoms with E-state index in [1.54, 1.807) is 36.7 Å². The third-order valence-electron chi connectivity index (χ3n) is 5.29. The summed E-state index contributed by atoms with van der Waals surface area (Å²) in [6.45, 7) is 5.84. The molecule has 2 aromatic heterocycles. The fourth-order valence-electron chi connectivity index (χ4n) is 3.42. The van der Waals surface area contributed by atoms with Crippen LogP contribution in [-0.2, 0) is 10.0 Å². The van der Waals surface area contributed by atoms with Gasteiger partial charge in [-0.3, -0.25) is 0 Å². The van der Waals surface area contributed by atoms with Gasteiger partial charge < -0.3 is 9.47 Å². The predicted molar refractivity (Wildman–Crippen MR) is 124 cm³/mol. The summed E-state index contributed by atoms with van der Waals surface area (Å²) >= 11 is 0. The van der Waals surface area contributed by atoms with Gasteiger partial charge in [-0.05, 0) is 61.7 Å². The van der Waals surface area contributed by atoms with E-state index in [2.05, 4.69) is 20.0 Å². The number of aromatic nitrogens is 4. The molecule has 0 bridgehead atoms. The Morgan fingerprint density at radius 2 is 1.76 bits per heavy atom. The molecule has 0 atom stereocenters. The highest BCUT2D eigenvalue weighted by Gasteiger charge is 2.17. The van der Waals surface area contributed by atoms with Crippen molar-refractivity contribution in [3.8, 4) is 23.0 Å². The number of benzene rings is 2. The van der Waals surface area contributed by atoms with Crippen molar-refractivity contribution in [2.24, 2.45) is 0 Å². The molecule has 2 heterocycles. The average Bonchev–Trinajstić information content (AvgIpc) is 3.22. The molecule has 0 spiro atoms. The summed E-state index contributed by atoms with van der Waals surface area (Å²) in [4.78, 5) is 0.276. The first-order valence-corrected chi connectivity index (χ1v) is 11.8. The molecule has 0 unspecified atom stereocenters. The monoisotopic (exact) mass is 467 g/mol. The molecular weight excluding hydrogens is 442 g/mol. The fourth-order valence-corrected chi connectivity index (χ4v) is 4.75. The largest absolute Gasteiger partial charge is 0.497 e. The van der Waals surface area contributed by atoms with Crippen LogP contribution in [0.5, 0.6) is 11.6 Å². The molecule has 172 valence electrons. The number of nitrogens with one attached hydrogen (secondary N) is 1. The van der Waals surface area contributed by atoms with Gasteiger partial charge in [0.15, 0.2) is 11.5 Å². The number of ether oxygens (including phenoxy) is 2. The minimum atomic E-state index is -3.65. The lowest BCUT2D eigenvalue weighted by Gasteiger charge is -2.12. The Morgan fingerprint density at radius 3 is 2.55 bits per heavy atom. The molecule has 0 aliphatic rings. The molecule has 0 aliphatic heterocycles. The number of hydrogen-bond donors (Lipinski definition) is 1. The number of rotatable bonds is 8. The molecule has 0 radical (unpaired) electrons. The first-order chi connectivity index (χ1) is 15.8. The Labute approximate surface area is 192 Å². The second-order valence-electron chi connectivity index (χ2n) is 7.65. The van der Waals surface area contributed by atoms with Crippen LogP contribution in [0.3, 0.4) is 0 Å². The summed E-state index contributed by atoms with van der Waals surface area (Å²) in [7, 11) is -2.05. The number of sulfonamides is 1. The van der Waals surface area contributed by atoms with Crippen molar-refractivity contribution in [3.05, 3.63) is 65.2 Å². The number of aryl methyl sites for hydroxylation is 3. The van der Waals surface area contributed by atoms with Gasteiger partial charge in [0.05, 0.1) is 12.0 Å². The van der Waals surface area contributed by atoms with E-state index in [4.69, 9.17) is 9.47 Å². The molecule has 0 amide bonds. The highest BCUT2D eigenvalue weighted by atomic mass is 32.2. The van der Waals surface area contributed by atoms with E-state index in [-0.39, 0.29) is 18.0 Å². The molecule has 1 N–H and O–H groups in total. The van der Waals surface area contributed by atoms with E-state index in [1.807, 2.05) is 44.2 Å². The standard InChI is InChI=1S/C23H25N5O4S/c1-15-12-17(3)20(13-16(15)2)33(29,30)24-10-11-32-22-9-8-21-25-26-23(28(21)27-22)18-6-5-7-19(14-18)31-4/h5-9,12-14,24H,10-11H2,1-4H3. The lowest BCUT2D eigenvalue weighted by atomic mass is 10.1. The zero-order valence-corrected chi connectivity index (χ0v) is 19.7. The molecule has 2 aromatic carbocycles. The zero-order valence-electron chi connectivity index (χ0n) is 18.9. The summed E-state index contributed by atoms with van der Waals surface area (Å²) < 4.78 is 40.5. The molecule has 0 aliphatic carbocycles. The molecule has 0 fully saturated rings. The smallest absolute Gasteiger partial charge is 0.240 e. The third-order valence-corrected chi connectivity index (χ3v) is 6.89. The fraction of sp³-hybridized carbons (Fsp3) is 0.261. The van der Waals surface area contributed by atoms with E-state index >= 15 is 0 Å². The normalized spacial score (nSPS) is 11.6. The summed E-state index contributed by atoms with van der Waals surface area (Å²) in [6, 6.07) is 14.4. The van der Waals surface area contributed by atoms with Crippen molar-refractivity contribution in [3.63, 3.8) is 0 Å². The number of fused-ring (bicyclic) bond motifs is 1. The molecule has 0 saturated heterocycles. The second kappa shape index (κ2) is 9.16. The molecule has 0 saturated carbocycles. The van der Waals surface area contributed by atoms with Crippen molar-refractivity contribution in [2.45, 2.75) is 25.7 Å². The van der Waals surface area contributed by atoms with Gasteiger partial charge in [-0.15, -0.1) is 15.3 Å². The van der Waals surface area contributed by atoms with E-state index < -0.39 is 10.0 Å². The number of nitrogens with zero attached hydrogens (tertiary/aromatic N) is 4. The summed E-state index contributed by atoms with van der Waals surface area (Å²) in [5, 5.41) is 12.8. The highest BCUT2D eigenvalue weighted by molar-refractivity contribution is 7.89. The van der Waals surface area contributed by atoms with Crippen molar-refractivity contribution in [2.75, 3.05) is 20.3 Å². The summed E-state index contributed by atoms with van der Waals surface area (Å²) in [6.07, 6.45) is 0. The van der Waals surface area contributed by atoms with Crippen LogP contribution in [0.15, 0.2) is 53.4 Å². The van der Waals surface area contributed by atoms with Crippen LogP contribution in [0, 0.1) is 20.8 Å². The lowest BCUT2D eigenvalue weighted by Crippen LogP contribution is -2.29. The average molecular weight is 468 g/mol. The predicted octanol–water partition coefficient (Wildman–Crippen LogP) is 3.08. The minimum Gasteiger partial charge on any atom is -0.497 e. The van der Waals surface area contributed by atoms with Crippen LogP contribution in [0.2, 0.25) is 0 Å². The maximum Gasteiger partial charge on any atom is 0.240 e. The Morgan fingerprint density at radius 1 is 0.970 bits per heavy atom. The maximum atomic E-state index is 12.7. The van der Waals surface area contributed by atoms with E-state index in [0.717, 1.165) is 16.7 Å². The number of methoxy groups -OCH3 is 1. The minimum absolute atomic E-state index is 0.0966. The van der Waals surface area contributed by atoms with Gasteiger partial charge in [0, 0.05) is 18.2 Å². The number of hydrogen-bond acceptors (Lipinski definition) is 7. The Bertz CT molecular complexity index is 1420. The molecule has 9 nitrogen and oxygen atoms in total. The van der Waals surface area contributed by atoms with Gasteiger partial charge in [-0.2, -0.15) is 4.52 Å². The first kappa shape index (κ1) is 22.7. The Hall–Kier alpha value is -3.50. The van der Waals surface area contributed by atoms with Crippen LogP contribution < -0.4 is 14.2 Å². The molecule has 4 rings (SSSR count). The van der Waals surface area contributed by atoms with Crippen LogP contribution >= 0.6 is 0 Å². The quantitative estimate of drug-likeness (QED) is 0.397. The summed E-state index contributed by atoms with van der Waals surface area (Å²) in [5.74, 6) is 1.57. The molecule has 10 heteroatoms. The van der Waals surface area contributed by atoms with Crippen LogP contribution in [-0.4, -0.2) is 48.5 Å². The molecule has 4 aromatic rings. The zero-order chi connectivity index (χ0) is 23.6. The first-order valence-electron chi connectivity index (χ1n) is 10.4. The molecule has 33 heavy (non-hydrogen) atoms.